The minimum absolute atomic E-state index is 0.0572. The Morgan fingerprint density at radius 2 is 1.89 bits per heavy atom. The number of anilines is 2. The van der Waals surface area contributed by atoms with E-state index in [-0.39, 0.29) is 11.9 Å². The van der Waals surface area contributed by atoms with Gasteiger partial charge in [-0.2, -0.15) is 0 Å². The summed E-state index contributed by atoms with van der Waals surface area (Å²) in [4.78, 5) is 29.4. The number of thiophene rings is 1. The molecule has 0 bridgehead atoms. The molecule has 1 fully saturated rings. The number of carbonyl (C=O) groups is 2. The summed E-state index contributed by atoms with van der Waals surface area (Å²) >= 11 is 1.45. The maximum Gasteiger partial charge on any atom is 0.341 e. The number of rotatable bonds is 7. The number of piperazine rings is 1. The monoisotopic (exact) mass is 402 g/mol. The second-order valence-corrected chi connectivity index (χ2v) is 7.96. The van der Waals surface area contributed by atoms with Crippen molar-refractivity contribution in [3.63, 3.8) is 0 Å². The van der Waals surface area contributed by atoms with E-state index in [9.17, 15) is 9.59 Å². The number of carbonyl (C=O) groups excluding carboxylic acids is 2. The molecule has 0 radical (unpaired) electrons. The fourth-order valence-electron chi connectivity index (χ4n) is 3.36. The number of quaternary nitrogens is 1. The first kappa shape index (κ1) is 20.4. The van der Waals surface area contributed by atoms with Crippen LogP contribution in [0.4, 0.5) is 10.7 Å². The quantitative estimate of drug-likeness (QED) is 0.694. The number of ether oxygens (including phenoxy) is 1. The number of hydrogen-bond acceptors (Lipinski definition) is 5. The number of aryl methyl sites for hydroxylation is 1. The highest BCUT2D eigenvalue weighted by atomic mass is 32.1. The van der Waals surface area contributed by atoms with Crippen molar-refractivity contribution in [1.82, 2.24) is 0 Å². The number of esters is 1. The number of nitrogens with one attached hydrogen (secondary N) is 2. The molecule has 0 atom stereocenters. The van der Waals surface area contributed by atoms with Crippen LogP contribution in [0.1, 0.15) is 29.1 Å². The molecule has 1 saturated heterocycles. The molecule has 0 unspecified atom stereocenters. The highest BCUT2D eigenvalue weighted by Crippen LogP contribution is 2.29. The minimum Gasteiger partial charge on any atom is -0.462 e. The van der Waals surface area contributed by atoms with Gasteiger partial charge >= 0.3 is 5.97 Å². The van der Waals surface area contributed by atoms with Gasteiger partial charge in [0.25, 0.3) is 5.91 Å². The van der Waals surface area contributed by atoms with Gasteiger partial charge in [-0.3, -0.25) is 4.79 Å². The zero-order valence-electron chi connectivity index (χ0n) is 16.5. The summed E-state index contributed by atoms with van der Waals surface area (Å²) in [5, 5.41) is 3.54. The zero-order valence-corrected chi connectivity index (χ0v) is 17.3. The smallest absolute Gasteiger partial charge is 0.341 e. The maximum absolute atomic E-state index is 12.6. The Balaban J connectivity index is 1.55. The van der Waals surface area contributed by atoms with E-state index in [2.05, 4.69) is 34.5 Å². The van der Waals surface area contributed by atoms with Crippen LogP contribution in [0.15, 0.2) is 36.4 Å². The maximum atomic E-state index is 12.6. The van der Waals surface area contributed by atoms with E-state index in [1.165, 1.54) is 21.9 Å². The molecule has 1 amide bonds. The van der Waals surface area contributed by atoms with Crippen molar-refractivity contribution >= 4 is 33.9 Å². The molecule has 7 heteroatoms. The summed E-state index contributed by atoms with van der Waals surface area (Å²) in [6, 6.07) is 12.2. The van der Waals surface area contributed by atoms with Crippen LogP contribution in [0.2, 0.25) is 0 Å². The first-order valence-electron chi connectivity index (χ1n) is 9.84. The van der Waals surface area contributed by atoms with E-state index in [0.717, 1.165) is 37.5 Å². The molecular weight excluding hydrogens is 374 g/mol. The van der Waals surface area contributed by atoms with Gasteiger partial charge in [0.2, 0.25) is 0 Å². The van der Waals surface area contributed by atoms with Gasteiger partial charge in [-0.1, -0.05) is 25.1 Å². The summed E-state index contributed by atoms with van der Waals surface area (Å²) in [5.41, 5.74) is 1.69. The lowest BCUT2D eigenvalue weighted by Gasteiger charge is -2.33. The standard InChI is InChI=1S/C21H27N3O3S/c1-3-17-14-18(21(26)27-4-2)20(28-17)22-19(25)15-23-10-12-24(13-11-23)16-8-6-5-7-9-16/h5-9,14H,3-4,10-13,15H2,1-2H3,(H,22,25)/p+1. The predicted octanol–water partition coefficient (Wildman–Crippen LogP) is 1.83. The third-order valence-electron chi connectivity index (χ3n) is 4.88. The van der Waals surface area contributed by atoms with E-state index in [1.807, 2.05) is 19.1 Å². The Morgan fingerprint density at radius 1 is 1.18 bits per heavy atom. The molecule has 3 rings (SSSR count). The van der Waals surface area contributed by atoms with Crippen LogP contribution in [0.5, 0.6) is 0 Å². The lowest BCUT2D eigenvalue weighted by Crippen LogP contribution is -3.15. The van der Waals surface area contributed by atoms with E-state index in [4.69, 9.17) is 4.74 Å². The van der Waals surface area contributed by atoms with Crippen LogP contribution < -0.4 is 15.1 Å². The fourth-order valence-corrected chi connectivity index (χ4v) is 4.36. The van der Waals surface area contributed by atoms with Crippen molar-refractivity contribution in [3.05, 3.63) is 46.8 Å². The van der Waals surface area contributed by atoms with E-state index >= 15 is 0 Å². The van der Waals surface area contributed by atoms with Gasteiger partial charge in [-0.05, 0) is 31.5 Å². The van der Waals surface area contributed by atoms with Crippen LogP contribution in [-0.2, 0) is 16.0 Å². The molecule has 0 saturated carbocycles. The summed E-state index contributed by atoms with van der Waals surface area (Å²) < 4.78 is 5.12. The minimum atomic E-state index is -0.377. The fraction of sp³-hybridized carbons (Fsp3) is 0.429. The van der Waals surface area contributed by atoms with Gasteiger partial charge in [0.05, 0.1) is 38.3 Å². The van der Waals surface area contributed by atoms with Gasteiger partial charge in [-0.25, -0.2) is 4.79 Å². The number of nitrogens with zero attached hydrogens (tertiary/aromatic N) is 1. The Morgan fingerprint density at radius 3 is 2.54 bits per heavy atom. The summed E-state index contributed by atoms with van der Waals surface area (Å²) in [6.07, 6.45) is 0.819. The summed E-state index contributed by atoms with van der Waals surface area (Å²) in [7, 11) is 0. The van der Waals surface area contributed by atoms with Crippen LogP contribution in [0, 0.1) is 0 Å². The molecule has 0 aliphatic carbocycles. The Bertz CT molecular complexity index is 798. The SMILES string of the molecule is CCOC(=O)c1cc(CC)sc1NC(=O)C[NH+]1CCN(c2ccccc2)CC1. The third-order valence-corrected chi connectivity index (χ3v) is 6.08. The van der Waals surface area contributed by atoms with E-state index in [0.29, 0.717) is 23.7 Å². The lowest BCUT2D eigenvalue weighted by molar-refractivity contribution is -0.892. The van der Waals surface area contributed by atoms with Crippen molar-refractivity contribution in [1.29, 1.82) is 0 Å². The van der Waals surface area contributed by atoms with Gasteiger partial charge in [0.1, 0.15) is 5.00 Å². The highest BCUT2D eigenvalue weighted by molar-refractivity contribution is 7.16. The molecule has 1 aliphatic rings. The van der Waals surface area contributed by atoms with Gasteiger partial charge in [0.15, 0.2) is 6.54 Å². The third kappa shape index (κ3) is 5.11. The average molecular weight is 403 g/mol. The van der Waals surface area contributed by atoms with Crippen molar-refractivity contribution < 1.29 is 19.2 Å². The second-order valence-electron chi connectivity index (χ2n) is 6.83. The average Bonchev–Trinajstić information content (AvgIpc) is 3.12. The normalized spacial score (nSPS) is 14.7. The molecule has 6 nitrogen and oxygen atoms in total. The van der Waals surface area contributed by atoms with Gasteiger partial charge in [0, 0.05) is 10.6 Å². The van der Waals surface area contributed by atoms with Crippen molar-refractivity contribution in [2.24, 2.45) is 0 Å². The van der Waals surface area contributed by atoms with Crippen LogP contribution >= 0.6 is 11.3 Å². The molecule has 150 valence electrons. The highest BCUT2D eigenvalue weighted by Gasteiger charge is 2.24. The van der Waals surface area contributed by atoms with Gasteiger partial charge < -0.3 is 19.9 Å². The summed E-state index contributed by atoms with van der Waals surface area (Å²) in [6.45, 7) is 8.23. The molecule has 28 heavy (non-hydrogen) atoms. The molecule has 1 aliphatic heterocycles. The second kappa shape index (κ2) is 9.71. The van der Waals surface area contributed by atoms with Crippen LogP contribution in [0.3, 0.4) is 0 Å². The molecule has 1 aromatic carbocycles. The first-order chi connectivity index (χ1) is 13.6. The van der Waals surface area contributed by atoms with Crippen molar-refractivity contribution in [2.45, 2.75) is 20.3 Å². The molecule has 1 aromatic heterocycles. The lowest BCUT2D eigenvalue weighted by atomic mass is 10.2. The molecule has 0 spiro atoms. The number of benzene rings is 1. The van der Waals surface area contributed by atoms with E-state index in [1.54, 1.807) is 6.92 Å². The molecule has 2 heterocycles. The molecule has 2 aromatic rings. The molecular formula is C21H28N3O3S+. The number of amides is 1. The topological polar surface area (TPSA) is 63.1 Å². The van der Waals surface area contributed by atoms with Crippen molar-refractivity contribution in [2.75, 3.05) is 49.5 Å². The van der Waals surface area contributed by atoms with Crippen molar-refractivity contribution in [3.8, 4) is 0 Å². The predicted molar refractivity (Wildman–Crippen MR) is 113 cm³/mol. The number of hydrogen-bond donors (Lipinski definition) is 2. The Labute approximate surface area is 170 Å². The van der Waals surface area contributed by atoms with E-state index < -0.39 is 0 Å². The Hall–Kier alpha value is -2.38. The largest absolute Gasteiger partial charge is 0.462 e. The van der Waals surface area contributed by atoms with Crippen LogP contribution in [0.25, 0.3) is 0 Å². The van der Waals surface area contributed by atoms with Gasteiger partial charge in [-0.15, -0.1) is 11.3 Å². The first-order valence-corrected chi connectivity index (χ1v) is 10.7. The Kier molecular flexibility index (Phi) is 7.06. The van der Waals surface area contributed by atoms with Crippen LogP contribution in [-0.4, -0.2) is 51.2 Å². The summed E-state index contributed by atoms with van der Waals surface area (Å²) in [5.74, 6) is -0.434. The number of para-hydroxylation sites is 1. The zero-order chi connectivity index (χ0) is 19.9. The molecule has 2 N–H and O–H groups in total.